The van der Waals surface area contributed by atoms with E-state index < -0.39 is 0 Å². The van der Waals surface area contributed by atoms with Crippen LogP contribution < -0.4 is 5.56 Å². The molecular formula is C22H26N4OS. The molecule has 6 heteroatoms. The van der Waals surface area contributed by atoms with Crippen LogP contribution in [-0.2, 0) is 18.4 Å². The fourth-order valence-corrected chi connectivity index (χ4v) is 4.80. The Balaban J connectivity index is 2.12. The second-order valence-corrected chi connectivity index (χ2v) is 9.09. The van der Waals surface area contributed by atoms with E-state index in [-0.39, 0.29) is 11.0 Å². The maximum absolute atomic E-state index is 13.8. The molecule has 2 aromatic heterocycles. The van der Waals surface area contributed by atoms with Gasteiger partial charge in [0.25, 0.3) is 5.56 Å². The predicted octanol–water partition coefficient (Wildman–Crippen LogP) is 4.47. The molecule has 146 valence electrons. The fraction of sp³-hybridized carbons (Fsp3) is 0.409. The lowest BCUT2D eigenvalue weighted by Gasteiger charge is -2.35. The number of fused-ring (bicyclic) bond motifs is 4. The third-order valence-corrected chi connectivity index (χ3v) is 6.44. The molecule has 0 amide bonds. The van der Waals surface area contributed by atoms with Crippen LogP contribution in [0.1, 0.15) is 45.2 Å². The molecule has 0 fully saturated rings. The zero-order valence-corrected chi connectivity index (χ0v) is 17.8. The van der Waals surface area contributed by atoms with Crippen LogP contribution >= 0.6 is 11.8 Å². The standard InChI is InChI=1S/C22H26N4OS/c1-6-22(5)12-15-10-8-9-11-16(15)18-17(22)19(27)26-20(23-18)25(13-14(3)4)24-21(26)28-7-2/h8-11H,3,6-7,12-13H2,1-2,4-5H3. The van der Waals surface area contributed by atoms with Gasteiger partial charge in [0.2, 0.25) is 5.78 Å². The zero-order chi connectivity index (χ0) is 20.1. The molecular weight excluding hydrogens is 368 g/mol. The van der Waals surface area contributed by atoms with E-state index in [0.717, 1.165) is 41.0 Å². The average molecular weight is 395 g/mol. The molecule has 2 heterocycles. The maximum atomic E-state index is 13.8. The van der Waals surface area contributed by atoms with Gasteiger partial charge in [0.15, 0.2) is 5.16 Å². The van der Waals surface area contributed by atoms with Gasteiger partial charge in [-0.1, -0.05) is 69.0 Å². The highest BCUT2D eigenvalue weighted by atomic mass is 32.2. The van der Waals surface area contributed by atoms with Crippen molar-refractivity contribution < 1.29 is 0 Å². The Morgan fingerprint density at radius 3 is 2.75 bits per heavy atom. The van der Waals surface area contributed by atoms with Gasteiger partial charge < -0.3 is 0 Å². The highest BCUT2D eigenvalue weighted by molar-refractivity contribution is 7.99. The van der Waals surface area contributed by atoms with E-state index in [2.05, 4.69) is 45.5 Å². The second-order valence-electron chi connectivity index (χ2n) is 7.85. The van der Waals surface area contributed by atoms with Crippen LogP contribution in [-0.4, -0.2) is 24.9 Å². The Morgan fingerprint density at radius 2 is 2.07 bits per heavy atom. The summed E-state index contributed by atoms with van der Waals surface area (Å²) in [4.78, 5) is 18.8. The minimum atomic E-state index is -0.237. The minimum Gasteiger partial charge on any atom is -0.268 e. The van der Waals surface area contributed by atoms with Crippen molar-refractivity contribution in [1.29, 1.82) is 0 Å². The first-order valence-electron chi connectivity index (χ1n) is 9.79. The summed E-state index contributed by atoms with van der Waals surface area (Å²) in [6.07, 6.45) is 1.74. The van der Waals surface area contributed by atoms with Crippen molar-refractivity contribution in [3.63, 3.8) is 0 Å². The van der Waals surface area contributed by atoms with Crippen molar-refractivity contribution >= 4 is 17.5 Å². The van der Waals surface area contributed by atoms with Gasteiger partial charge in [-0.05, 0) is 31.1 Å². The summed E-state index contributed by atoms with van der Waals surface area (Å²) >= 11 is 1.57. The lowest BCUT2D eigenvalue weighted by molar-refractivity contribution is 0.439. The molecule has 4 rings (SSSR count). The van der Waals surface area contributed by atoms with Crippen LogP contribution in [0.2, 0.25) is 0 Å². The van der Waals surface area contributed by atoms with Crippen molar-refractivity contribution in [2.45, 2.75) is 57.7 Å². The lowest BCUT2D eigenvalue weighted by atomic mass is 9.69. The Hall–Kier alpha value is -2.34. The number of hydrogen-bond acceptors (Lipinski definition) is 4. The summed E-state index contributed by atoms with van der Waals surface area (Å²) in [6, 6.07) is 8.31. The lowest BCUT2D eigenvalue weighted by Crippen LogP contribution is -2.37. The summed E-state index contributed by atoms with van der Waals surface area (Å²) in [5, 5.41) is 5.41. The van der Waals surface area contributed by atoms with Crippen molar-refractivity contribution in [3.8, 4) is 11.3 Å². The Labute approximate surface area is 169 Å². The smallest absolute Gasteiger partial charge is 0.265 e. The molecule has 0 radical (unpaired) electrons. The Kier molecular flexibility index (Phi) is 4.70. The zero-order valence-electron chi connectivity index (χ0n) is 17.0. The van der Waals surface area contributed by atoms with Gasteiger partial charge in [0.1, 0.15) is 0 Å². The van der Waals surface area contributed by atoms with Gasteiger partial charge in [0.05, 0.1) is 17.8 Å². The molecule has 3 aromatic rings. The molecule has 0 saturated heterocycles. The molecule has 1 atom stereocenters. The summed E-state index contributed by atoms with van der Waals surface area (Å²) < 4.78 is 3.51. The molecule has 1 unspecified atom stereocenters. The van der Waals surface area contributed by atoms with E-state index in [1.54, 1.807) is 16.2 Å². The molecule has 0 bridgehead atoms. The third kappa shape index (κ3) is 2.82. The quantitative estimate of drug-likeness (QED) is 0.473. The van der Waals surface area contributed by atoms with Gasteiger partial charge in [-0.2, -0.15) is 0 Å². The summed E-state index contributed by atoms with van der Waals surface area (Å²) in [6.45, 7) is 12.9. The number of benzene rings is 1. The molecule has 1 aliphatic carbocycles. The van der Waals surface area contributed by atoms with Crippen molar-refractivity contribution in [1.82, 2.24) is 19.2 Å². The van der Waals surface area contributed by atoms with E-state index in [1.807, 2.05) is 17.7 Å². The number of aromatic nitrogens is 4. The van der Waals surface area contributed by atoms with Crippen molar-refractivity contribution in [2.75, 3.05) is 5.75 Å². The van der Waals surface area contributed by atoms with E-state index in [0.29, 0.717) is 17.5 Å². The van der Waals surface area contributed by atoms with Gasteiger partial charge >= 0.3 is 0 Å². The largest absolute Gasteiger partial charge is 0.268 e. The van der Waals surface area contributed by atoms with Crippen LogP contribution in [0.15, 0.2) is 46.4 Å². The molecule has 28 heavy (non-hydrogen) atoms. The molecule has 0 saturated carbocycles. The molecule has 1 aromatic carbocycles. The van der Waals surface area contributed by atoms with Crippen LogP contribution in [0.3, 0.4) is 0 Å². The molecule has 0 spiro atoms. The predicted molar refractivity (Wildman–Crippen MR) is 115 cm³/mol. The first kappa shape index (κ1) is 19.0. The molecule has 0 aliphatic heterocycles. The highest BCUT2D eigenvalue weighted by Crippen LogP contribution is 2.42. The van der Waals surface area contributed by atoms with Gasteiger partial charge in [0, 0.05) is 11.0 Å². The highest BCUT2D eigenvalue weighted by Gasteiger charge is 2.38. The van der Waals surface area contributed by atoms with Crippen LogP contribution in [0.4, 0.5) is 0 Å². The fourth-order valence-electron chi connectivity index (χ4n) is 4.09. The number of rotatable bonds is 5. The SMILES string of the molecule is C=C(C)Cn1nc(SCC)n2c(=O)c3c(nc12)-c1ccccc1CC3(C)CC. The Bertz CT molecular complexity index is 1140. The van der Waals surface area contributed by atoms with E-state index in [9.17, 15) is 4.79 Å². The third-order valence-electron chi connectivity index (χ3n) is 5.62. The van der Waals surface area contributed by atoms with Crippen molar-refractivity contribution in [3.05, 3.63) is 57.9 Å². The number of thioether (sulfide) groups is 1. The summed E-state index contributed by atoms with van der Waals surface area (Å²) in [5.74, 6) is 1.44. The topological polar surface area (TPSA) is 52.2 Å². The molecule has 1 aliphatic rings. The van der Waals surface area contributed by atoms with Gasteiger partial charge in [-0.25, -0.2) is 14.1 Å². The molecule has 5 nitrogen and oxygen atoms in total. The number of hydrogen-bond donors (Lipinski definition) is 0. The summed E-state index contributed by atoms with van der Waals surface area (Å²) in [7, 11) is 0. The number of allylic oxidation sites excluding steroid dienone is 1. The van der Waals surface area contributed by atoms with Gasteiger partial charge in [-0.15, -0.1) is 5.10 Å². The monoisotopic (exact) mass is 394 g/mol. The molecule has 0 N–H and O–H groups in total. The van der Waals surface area contributed by atoms with Crippen LogP contribution in [0.5, 0.6) is 0 Å². The Morgan fingerprint density at radius 1 is 1.32 bits per heavy atom. The first-order valence-corrected chi connectivity index (χ1v) is 10.8. The number of nitrogens with zero attached hydrogens (tertiary/aromatic N) is 4. The van der Waals surface area contributed by atoms with Crippen LogP contribution in [0.25, 0.3) is 17.0 Å². The van der Waals surface area contributed by atoms with Gasteiger partial charge in [-0.3, -0.25) is 4.79 Å². The van der Waals surface area contributed by atoms with E-state index >= 15 is 0 Å². The van der Waals surface area contributed by atoms with E-state index in [1.165, 1.54) is 5.56 Å². The maximum Gasteiger partial charge on any atom is 0.265 e. The normalized spacial score (nSPS) is 18.1. The van der Waals surface area contributed by atoms with E-state index in [4.69, 9.17) is 10.1 Å². The summed E-state index contributed by atoms with van der Waals surface area (Å²) in [5.41, 5.74) is 4.71. The second kappa shape index (κ2) is 6.92. The first-order chi connectivity index (χ1) is 13.4. The van der Waals surface area contributed by atoms with Crippen LogP contribution in [0, 0.1) is 0 Å². The van der Waals surface area contributed by atoms with Crippen molar-refractivity contribution in [2.24, 2.45) is 0 Å². The minimum absolute atomic E-state index is 0.0165. The average Bonchev–Trinajstić information content (AvgIpc) is 2.99.